The van der Waals surface area contributed by atoms with Crippen molar-refractivity contribution in [3.05, 3.63) is 52.8 Å². The molecule has 1 aromatic heterocycles. The molecule has 0 aliphatic carbocycles. The van der Waals surface area contributed by atoms with Gasteiger partial charge in [0.25, 0.3) is 0 Å². The van der Waals surface area contributed by atoms with Crippen LogP contribution in [0.25, 0.3) is 0 Å². The molecule has 0 N–H and O–H groups in total. The van der Waals surface area contributed by atoms with E-state index in [9.17, 15) is 13.2 Å². The molecule has 0 amide bonds. The highest BCUT2D eigenvalue weighted by Crippen LogP contribution is 2.30. The van der Waals surface area contributed by atoms with Crippen LogP contribution in [0.2, 0.25) is 5.15 Å². The van der Waals surface area contributed by atoms with Crippen LogP contribution in [0.3, 0.4) is 0 Å². The van der Waals surface area contributed by atoms with Crippen LogP contribution in [-0.2, 0) is 6.18 Å². The van der Waals surface area contributed by atoms with Crippen LogP contribution in [0, 0.1) is 11.3 Å². The minimum atomic E-state index is -4.36. The molecule has 0 atom stereocenters. The molecule has 0 fully saturated rings. The molecule has 0 saturated carbocycles. The highest BCUT2D eigenvalue weighted by atomic mass is 35.5. The van der Waals surface area contributed by atoms with E-state index in [-0.39, 0.29) is 17.5 Å². The van der Waals surface area contributed by atoms with E-state index in [2.05, 4.69) is 4.98 Å². The van der Waals surface area contributed by atoms with Crippen molar-refractivity contribution in [2.75, 3.05) is 13.2 Å². The number of nitriles is 1. The van der Waals surface area contributed by atoms with Crippen LogP contribution < -0.4 is 9.47 Å². The number of ether oxygens (including phenoxy) is 2. The topological polar surface area (TPSA) is 55.1 Å². The Morgan fingerprint density at radius 2 is 1.67 bits per heavy atom. The van der Waals surface area contributed by atoms with Crippen LogP contribution in [0.4, 0.5) is 13.2 Å². The Morgan fingerprint density at radius 1 is 1.04 bits per heavy atom. The van der Waals surface area contributed by atoms with Gasteiger partial charge < -0.3 is 9.47 Å². The summed E-state index contributed by atoms with van der Waals surface area (Å²) in [5.74, 6) is 0.766. The minimum Gasteiger partial charge on any atom is -0.493 e. The molecule has 0 spiro atoms. The fraction of sp³-hybridized carbons (Fsp3) is 0.250. The van der Waals surface area contributed by atoms with Gasteiger partial charge in [0.2, 0.25) is 0 Å². The number of alkyl halides is 3. The maximum Gasteiger partial charge on any atom is 0.416 e. The minimum absolute atomic E-state index is 0.151. The van der Waals surface area contributed by atoms with E-state index in [4.69, 9.17) is 26.3 Å². The van der Waals surface area contributed by atoms with Crippen molar-refractivity contribution in [3.8, 4) is 17.6 Å². The van der Waals surface area contributed by atoms with Gasteiger partial charge in [0, 0.05) is 18.6 Å². The van der Waals surface area contributed by atoms with Crippen LogP contribution in [0.5, 0.6) is 11.5 Å². The van der Waals surface area contributed by atoms with Gasteiger partial charge >= 0.3 is 6.18 Å². The quantitative estimate of drug-likeness (QED) is 0.566. The summed E-state index contributed by atoms with van der Waals surface area (Å²) < 4.78 is 48.0. The Bertz CT molecular complexity index is 728. The normalized spacial score (nSPS) is 11.0. The number of hydrogen-bond donors (Lipinski definition) is 0. The molecule has 126 valence electrons. The number of pyridine rings is 1. The number of rotatable bonds is 6. The fourth-order valence-corrected chi connectivity index (χ4v) is 1.99. The first-order valence-corrected chi connectivity index (χ1v) is 7.27. The van der Waals surface area contributed by atoms with Crippen molar-refractivity contribution in [2.24, 2.45) is 0 Å². The van der Waals surface area contributed by atoms with Crippen molar-refractivity contribution in [1.82, 2.24) is 4.98 Å². The summed E-state index contributed by atoms with van der Waals surface area (Å²) in [6.45, 7) is 0.571. The summed E-state index contributed by atoms with van der Waals surface area (Å²) in [7, 11) is 0. The predicted octanol–water partition coefficient (Wildman–Crippen LogP) is 4.47. The molecular formula is C16H12ClF3N2O2. The van der Waals surface area contributed by atoms with Crippen molar-refractivity contribution >= 4 is 11.6 Å². The first kappa shape index (κ1) is 17.9. The Hall–Kier alpha value is -2.46. The van der Waals surface area contributed by atoms with E-state index >= 15 is 0 Å². The molecule has 0 aliphatic rings. The Morgan fingerprint density at radius 3 is 2.25 bits per heavy atom. The molecule has 0 saturated heterocycles. The van der Waals surface area contributed by atoms with Gasteiger partial charge in [-0.2, -0.15) is 18.4 Å². The van der Waals surface area contributed by atoms with Gasteiger partial charge in [0.05, 0.1) is 18.8 Å². The van der Waals surface area contributed by atoms with Gasteiger partial charge in [0.1, 0.15) is 28.4 Å². The number of halogens is 4. The van der Waals surface area contributed by atoms with E-state index in [1.807, 2.05) is 6.07 Å². The molecule has 24 heavy (non-hydrogen) atoms. The Labute approximate surface area is 141 Å². The highest BCUT2D eigenvalue weighted by molar-refractivity contribution is 6.29. The molecule has 2 rings (SSSR count). The second kappa shape index (κ2) is 7.88. The molecule has 2 aromatic rings. The number of aromatic nitrogens is 1. The first-order chi connectivity index (χ1) is 11.4. The second-order valence-corrected chi connectivity index (χ2v) is 5.08. The maximum atomic E-state index is 12.4. The third kappa shape index (κ3) is 5.32. The lowest BCUT2D eigenvalue weighted by molar-refractivity contribution is -0.137. The SMILES string of the molecule is N#Cc1cc(OCCCOc2ccc(C(F)(F)F)cc2)cc(Cl)n1. The van der Waals surface area contributed by atoms with Gasteiger partial charge in [-0.1, -0.05) is 11.6 Å². The van der Waals surface area contributed by atoms with E-state index < -0.39 is 11.7 Å². The van der Waals surface area contributed by atoms with Crippen molar-refractivity contribution in [3.63, 3.8) is 0 Å². The maximum absolute atomic E-state index is 12.4. The van der Waals surface area contributed by atoms with E-state index in [1.165, 1.54) is 24.3 Å². The molecule has 0 radical (unpaired) electrons. The van der Waals surface area contributed by atoms with Gasteiger partial charge in [-0.15, -0.1) is 0 Å². The lowest BCUT2D eigenvalue weighted by Crippen LogP contribution is -2.06. The summed E-state index contributed by atoms with van der Waals surface area (Å²) in [4.78, 5) is 3.78. The lowest BCUT2D eigenvalue weighted by atomic mass is 10.2. The fourth-order valence-electron chi connectivity index (χ4n) is 1.79. The third-order valence-corrected chi connectivity index (χ3v) is 3.08. The lowest BCUT2D eigenvalue weighted by Gasteiger charge is -2.10. The Kier molecular flexibility index (Phi) is 5.88. The highest BCUT2D eigenvalue weighted by Gasteiger charge is 2.29. The molecule has 0 aliphatic heterocycles. The smallest absolute Gasteiger partial charge is 0.416 e. The van der Waals surface area contributed by atoms with Crippen LogP contribution in [0.15, 0.2) is 36.4 Å². The van der Waals surface area contributed by atoms with Gasteiger partial charge in [-0.3, -0.25) is 0 Å². The van der Waals surface area contributed by atoms with Crippen molar-refractivity contribution in [2.45, 2.75) is 12.6 Å². The van der Waals surface area contributed by atoms with Crippen LogP contribution in [0.1, 0.15) is 17.7 Å². The van der Waals surface area contributed by atoms with Gasteiger partial charge in [-0.25, -0.2) is 4.98 Å². The summed E-state index contributed by atoms with van der Waals surface area (Å²) >= 11 is 5.75. The molecular weight excluding hydrogens is 345 g/mol. The van der Waals surface area contributed by atoms with Gasteiger partial charge in [0.15, 0.2) is 0 Å². The molecule has 1 heterocycles. The summed E-state index contributed by atoms with van der Waals surface area (Å²) in [5.41, 5.74) is -0.570. The molecule has 0 bridgehead atoms. The van der Waals surface area contributed by atoms with Crippen molar-refractivity contribution in [1.29, 1.82) is 5.26 Å². The van der Waals surface area contributed by atoms with Crippen molar-refractivity contribution < 1.29 is 22.6 Å². The van der Waals surface area contributed by atoms with Crippen LogP contribution >= 0.6 is 11.6 Å². The monoisotopic (exact) mass is 356 g/mol. The largest absolute Gasteiger partial charge is 0.493 e. The summed E-state index contributed by atoms with van der Waals surface area (Å²) in [5, 5.41) is 8.93. The summed E-state index contributed by atoms with van der Waals surface area (Å²) in [6, 6.07) is 9.28. The average molecular weight is 357 g/mol. The standard InChI is InChI=1S/C16H12ClF3N2O2/c17-15-9-14(8-12(10-21)22-15)24-7-1-6-23-13-4-2-11(3-5-13)16(18,19)20/h2-5,8-9H,1,6-7H2. The van der Waals surface area contributed by atoms with Gasteiger partial charge in [-0.05, 0) is 24.3 Å². The Balaban J connectivity index is 1.75. The first-order valence-electron chi connectivity index (χ1n) is 6.89. The number of hydrogen-bond acceptors (Lipinski definition) is 4. The number of nitrogens with zero attached hydrogens (tertiary/aromatic N) is 2. The van der Waals surface area contributed by atoms with E-state index in [0.29, 0.717) is 24.5 Å². The zero-order chi connectivity index (χ0) is 17.6. The zero-order valence-corrected chi connectivity index (χ0v) is 13.1. The number of benzene rings is 1. The predicted molar refractivity (Wildman–Crippen MR) is 81.0 cm³/mol. The third-order valence-electron chi connectivity index (χ3n) is 2.89. The molecule has 4 nitrogen and oxygen atoms in total. The summed E-state index contributed by atoms with van der Waals surface area (Å²) in [6.07, 6.45) is -3.86. The molecule has 8 heteroatoms. The van der Waals surface area contributed by atoms with E-state index in [1.54, 1.807) is 0 Å². The molecule has 1 aromatic carbocycles. The average Bonchev–Trinajstić information content (AvgIpc) is 2.53. The van der Waals surface area contributed by atoms with Crippen LogP contribution in [-0.4, -0.2) is 18.2 Å². The molecule has 0 unspecified atom stereocenters. The van der Waals surface area contributed by atoms with E-state index in [0.717, 1.165) is 12.1 Å². The second-order valence-electron chi connectivity index (χ2n) is 4.70. The zero-order valence-electron chi connectivity index (χ0n) is 12.3.